The third-order valence-electron chi connectivity index (χ3n) is 2.78. The zero-order valence-corrected chi connectivity index (χ0v) is 16.8. The van der Waals surface area contributed by atoms with Gasteiger partial charge in [-0.25, -0.2) is 0 Å². The first-order chi connectivity index (χ1) is 11.0. The molecule has 0 aromatic heterocycles. The van der Waals surface area contributed by atoms with Crippen molar-refractivity contribution in [2.24, 2.45) is 5.41 Å². The number of benzene rings is 2. The molecule has 2 aromatic carbocycles. The van der Waals surface area contributed by atoms with Crippen LogP contribution < -0.4 is 0 Å². The van der Waals surface area contributed by atoms with Gasteiger partial charge in [-0.05, 0) is 43.7 Å². The Hall–Kier alpha value is -2.40. The Morgan fingerprint density at radius 2 is 1.29 bits per heavy atom. The van der Waals surface area contributed by atoms with Gasteiger partial charge in [0.05, 0.1) is 0 Å². The summed E-state index contributed by atoms with van der Waals surface area (Å²) in [6, 6.07) is 14.2. The van der Waals surface area contributed by atoms with Crippen molar-refractivity contribution < 1.29 is 0 Å². The summed E-state index contributed by atoms with van der Waals surface area (Å²) in [6.45, 7) is 12.5. The summed E-state index contributed by atoms with van der Waals surface area (Å²) in [6.07, 6.45) is 15.5. The van der Waals surface area contributed by atoms with E-state index in [9.17, 15) is 0 Å². The van der Waals surface area contributed by atoms with Crippen LogP contribution in [-0.2, 0) is 0 Å². The van der Waals surface area contributed by atoms with Crippen molar-refractivity contribution in [3.63, 3.8) is 0 Å². The van der Waals surface area contributed by atoms with Crippen LogP contribution in [0.25, 0.3) is 10.8 Å². The van der Waals surface area contributed by atoms with Crippen molar-refractivity contribution in [2.45, 2.75) is 40.4 Å². The van der Waals surface area contributed by atoms with Gasteiger partial charge in [-0.15, -0.1) is 30.7 Å². The number of fused-ring (bicyclic) bond motifs is 1. The molecular formula is C23H28Si. The maximum absolute atomic E-state index is 5.29. The lowest BCUT2D eigenvalue weighted by atomic mass is 9.99. The van der Waals surface area contributed by atoms with Crippen LogP contribution in [0.15, 0.2) is 42.5 Å². The van der Waals surface area contributed by atoms with Crippen LogP contribution in [0, 0.1) is 42.1 Å². The normalized spacial score (nSPS) is 9.96. The quantitative estimate of drug-likeness (QED) is 0.411. The fourth-order valence-electron chi connectivity index (χ4n) is 1.28. The SMILES string of the molecule is C#CC(C)(C)C.C#C[Si](C)(C)C.C#Cc1ccc2ccccc2c1. The fraction of sp³-hybridized carbons (Fsp3) is 0.304. The van der Waals surface area contributed by atoms with E-state index >= 15 is 0 Å². The highest BCUT2D eigenvalue weighted by Gasteiger charge is 2.05. The second-order valence-corrected chi connectivity index (χ2v) is 12.3. The molecule has 0 heterocycles. The van der Waals surface area contributed by atoms with E-state index in [1.165, 1.54) is 10.8 Å². The molecule has 0 N–H and O–H groups in total. The van der Waals surface area contributed by atoms with Gasteiger partial charge in [0.2, 0.25) is 0 Å². The first-order valence-corrected chi connectivity index (χ1v) is 11.4. The molecule has 0 nitrogen and oxygen atoms in total. The zero-order valence-electron chi connectivity index (χ0n) is 15.8. The summed E-state index contributed by atoms with van der Waals surface area (Å²) in [5.41, 5.74) is 3.75. The van der Waals surface area contributed by atoms with E-state index in [0.717, 1.165) is 5.56 Å². The van der Waals surface area contributed by atoms with Crippen LogP contribution in [0.3, 0.4) is 0 Å². The molecule has 24 heavy (non-hydrogen) atoms. The van der Waals surface area contributed by atoms with Gasteiger partial charge in [0.1, 0.15) is 8.07 Å². The van der Waals surface area contributed by atoms with Gasteiger partial charge >= 0.3 is 0 Å². The minimum Gasteiger partial charge on any atom is -0.135 e. The maximum atomic E-state index is 5.29. The van der Waals surface area contributed by atoms with E-state index in [4.69, 9.17) is 19.3 Å². The van der Waals surface area contributed by atoms with E-state index in [-0.39, 0.29) is 5.41 Å². The molecule has 0 amide bonds. The van der Waals surface area contributed by atoms with Crippen molar-refractivity contribution in [1.29, 1.82) is 0 Å². The Morgan fingerprint density at radius 3 is 1.67 bits per heavy atom. The Kier molecular flexibility index (Phi) is 8.70. The second kappa shape index (κ2) is 9.67. The second-order valence-electron chi connectivity index (χ2n) is 7.49. The number of hydrogen-bond acceptors (Lipinski definition) is 0. The molecule has 0 aliphatic heterocycles. The lowest BCUT2D eigenvalue weighted by molar-refractivity contribution is 0.571. The van der Waals surface area contributed by atoms with Crippen LogP contribution in [0.4, 0.5) is 0 Å². The van der Waals surface area contributed by atoms with Crippen molar-refractivity contribution in [3.8, 4) is 36.7 Å². The summed E-state index contributed by atoms with van der Waals surface area (Å²) >= 11 is 0. The van der Waals surface area contributed by atoms with Crippen LogP contribution >= 0.6 is 0 Å². The Bertz CT molecular complexity index is 739. The fourth-order valence-corrected chi connectivity index (χ4v) is 1.28. The van der Waals surface area contributed by atoms with E-state index in [0.29, 0.717) is 0 Å². The summed E-state index contributed by atoms with van der Waals surface area (Å²) in [5, 5.41) is 2.43. The Balaban J connectivity index is 0.000000377. The molecule has 0 aliphatic rings. The van der Waals surface area contributed by atoms with Crippen LogP contribution in [0.1, 0.15) is 26.3 Å². The van der Waals surface area contributed by atoms with Gasteiger partial charge in [0.25, 0.3) is 0 Å². The number of terminal acetylenes is 3. The predicted octanol–water partition coefficient (Wildman–Crippen LogP) is 5.98. The zero-order chi connectivity index (χ0) is 18.8. The van der Waals surface area contributed by atoms with Gasteiger partial charge in [-0.1, -0.05) is 55.9 Å². The predicted molar refractivity (Wildman–Crippen MR) is 112 cm³/mol. The monoisotopic (exact) mass is 332 g/mol. The summed E-state index contributed by atoms with van der Waals surface area (Å²) in [4.78, 5) is 0. The van der Waals surface area contributed by atoms with Gasteiger partial charge in [-0.3, -0.25) is 0 Å². The highest BCUT2D eigenvalue weighted by Crippen LogP contribution is 2.14. The van der Waals surface area contributed by atoms with Crippen molar-refractivity contribution in [1.82, 2.24) is 0 Å². The Morgan fingerprint density at radius 1 is 0.833 bits per heavy atom. The standard InChI is InChI=1S/C12H8.C6H10.C5H10Si/c1-2-10-7-8-11-5-3-4-6-12(11)9-10;2*1-5-6(2,3)4/h1,3-9H;2*1H,2-4H3. The molecule has 0 spiro atoms. The smallest absolute Gasteiger partial charge is 0.128 e. The summed E-state index contributed by atoms with van der Waals surface area (Å²) in [7, 11) is -1.10. The van der Waals surface area contributed by atoms with Gasteiger partial charge in [-0.2, -0.15) is 0 Å². The Labute approximate surface area is 149 Å². The maximum Gasteiger partial charge on any atom is 0.128 e. The van der Waals surface area contributed by atoms with Gasteiger partial charge in [0, 0.05) is 11.0 Å². The highest BCUT2D eigenvalue weighted by molar-refractivity contribution is 6.83. The average Bonchev–Trinajstić information content (AvgIpc) is 2.54. The molecule has 0 atom stereocenters. The third-order valence-corrected chi connectivity index (χ3v) is 3.65. The molecule has 0 fully saturated rings. The van der Waals surface area contributed by atoms with E-state index in [1.54, 1.807) is 0 Å². The first kappa shape index (κ1) is 21.6. The van der Waals surface area contributed by atoms with E-state index < -0.39 is 8.07 Å². The molecule has 0 saturated heterocycles. The van der Waals surface area contributed by atoms with Gasteiger partial charge < -0.3 is 0 Å². The molecule has 2 aromatic rings. The molecular weight excluding hydrogens is 304 g/mol. The molecule has 0 aliphatic carbocycles. The van der Waals surface area contributed by atoms with Crippen LogP contribution in [0.5, 0.6) is 0 Å². The van der Waals surface area contributed by atoms with Crippen LogP contribution in [0.2, 0.25) is 19.6 Å². The first-order valence-electron chi connectivity index (χ1n) is 7.93. The van der Waals surface area contributed by atoms with Crippen molar-refractivity contribution >= 4 is 18.8 Å². The van der Waals surface area contributed by atoms with Gasteiger partial charge in [0.15, 0.2) is 0 Å². The van der Waals surface area contributed by atoms with Crippen molar-refractivity contribution in [2.75, 3.05) is 0 Å². The molecule has 2 rings (SSSR count). The summed E-state index contributed by atoms with van der Waals surface area (Å²) in [5.74, 6) is 5.22. The van der Waals surface area contributed by atoms with Crippen LogP contribution in [-0.4, -0.2) is 8.07 Å². The molecule has 0 radical (unpaired) electrons. The molecule has 0 unspecified atom stereocenters. The van der Waals surface area contributed by atoms with E-state index in [2.05, 4.69) is 49.2 Å². The lowest BCUT2D eigenvalue weighted by Crippen LogP contribution is -2.15. The minimum absolute atomic E-state index is 0.0694. The average molecular weight is 333 g/mol. The molecule has 0 saturated carbocycles. The minimum atomic E-state index is -1.10. The highest BCUT2D eigenvalue weighted by atomic mass is 28.3. The molecule has 124 valence electrons. The largest absolute Gasteiger partial charge is 0.135 e. The van der Waals surface area contributed by atoms with E-state index in [1.807, 2.05) is 51.1 Å². The number of rotatable bonds is 0. The molecule has 1 heteroatoms. The lowest BCUT2D eigenvalue weighted by Gasteiger charge is -2.04. The summed E-state index contributed by atoms with van der Waals surface area (Å²) < 4.78 is 0. The topological polar surface area (TPSA) is 0 Å². The van der Waals surface area contributed by atoms with Crippen molar-refractivity contribution in [3.05, 3.63) is 48.0 Å². The third kappa shape index (κ3) is 10.3. The number of hydrogen-bond donors (Lipinski definition) is 0. The molecule has 0 bridgehead atoms.